The van der Waals surface area contributed by atoms with Gasteiger partial charge >= 0.3 is 0 Å². The van der Waals surface area contributed by atoms with Crippen LogP contribution in [0.3, 0.4) is 0 Å². The van der Waals surface area contributed by atoms with Crippen LogP contribution in [0.4, 0.5) is 8.78 Å². The number of alkyl halides is 2. The van der Waals surface area contributed by atoms with Crippen molar-refractivity contribution in [1.82, 2.24) is 15.5 Å². The van der Waals surface area contributed by atoms with Crippen LogP contribution in [-0.4, -0.2) is 68.1 Å². The van der Waals surface area contributed by atoms with E-state index in [4.69, 9.17) is 4.74 Å². The van der Waals surface area contributed by atoms with E-state index in [-0.39, 0.29) is 18.6 Å². The SMILES string of the molecule is CN(C)C(=O)C1CCC(CNC(=O)C2CC(F)(F)CN2)O1. The zero-order valence-corrected chi connectivity index (χ0v) is 12.2. The largest absolute Gasteiger partial charge is 0.363 e. The van der Waals surface area contributed by atoms with Crippen molar-refractivity contribution in [3.63, 3.8) is 0 Å². The molecule has 0 saturated carbocycles. The summed E-state index contributed by atoms with van der Waals surface area (Å²) in [6.45, 7) is -0.232. The van der Waals surface area contributed by atoms with Crippen molar-refractivity contribution in [1.29, 1.82) is 0 Å². The van der Waals surface area contributed by atoms with Crippen molar-refractivity contribution < 1.29 is 23.1 Å². The summed E-state index contributed by atoms with van der Waals surface area (Å²) in [5.41, 5.74) is 0. The summed E-state index contributed by atoms with van der Waals surface area (Å²) in [6.07, 6.45) is 0.0722. The summed E-state index contributed by atoms with van der Waals surface area (Å²) >= 11 is 0. The molecule has 0 bridgehead atoms. The lowest BCUT2D eigenvalue weighted by molar-refractivity contribution is -0.140. The van der Waals surface area contributed by atoms with E-state index in [1.807, 2.05) is 0 Å². The van der Waals surface area contributed by atoms with Gasteiger partial charge in [-0.3, -0.25) is 14.9 Å². The van der Waals surface area contributed by atoms with Crippen LogP contribution in [0, 0.1) is 0 Å². The number of rotatable bonds is 4. The van der Waals surface area contributed by atoms with Gasteiger partial charge in [0.25, 0.3) is 11.8 Å². The van der Waals surface area contributed by atoms with Crippen molar-refractivity contribution in [2.24, 2.45) is 0 Å². The summed E-state index contributed by atoms with van der Waals surface area (Å²) < 4.78 is 31.6. The Morgan fingerprint density at radius 1 is 1.38 bits per heavy atom. The summed E-state index contributed by atoms with van der Waals surface area (Å²) in [4.78, 5) is 25.0. The average Bonchev–Trinajstić information content (AvgIpc) is 3.01. The summed E-state index contributed by atoms with van der Waals surface area (Å²) in [6, 6.07) is -0.861. The molecule has 3 unspecified atom stereocenters. The van der Waals surface area contributed by atoms with Gasteiger partial charge in [-0.25, -0.2) is 8.78 Å². The zero-order valence-electron chi connectivity index (χ0n) is 12.2. The minimum absolute atomic E-state index is 0.0964. The first kappa shape index (κ1) is 16.1. The van der Waals surface area contributed by atoms with Crippen molar-refractivity contribution >= 4 is 11.8 Å². The van der Waals surface area contributed by atoms with Crippen LogP contribution in [-0.2, 0) is 14.3 Å². The average molecular weight is 305 g/mol. The molecule has 8 heteroatoms. The number of hydrogen-bond acceptors (Lipinski definition) is 4. The fourth-order valence-electron chi connectivity index (χ4n) is 2.56. The number of nitrogens with zero attached hydrogens (tertiary/aromatic N) is 1. The second-order valence-corrected chi connectivity index (χ2v) is 5.80. The van der Waals surface area contributed by atoms with E-state index < -0.39 is 36.9 Å². The highest BCUT2D eigenvalue weighted by Crippen LogP contribution is 2.25. The molecule has 0 aliphatic carbocycles. The third-order valence-electron chi connectivity index (χ3n) is 3.75. The van der Waals surface area contributed by atoms with Gasteiger partial charge in [0.2, 0.25) is 5.91 Å². The maximum atomic E-state index is 13.0. The van der Waals surface area contributed by atoms with Gasteiger partial charge in [-0.1, -0.05) is 0 Å². The molecule has 2 aliphatic heterocycles. The fourth-order valence-corrected chi connectivity index (χ4v) is 2.56. The topological polar surface area (TPSA) is 70.7 Å². The first-order valence-corrected chi connectivity index (χ1v) is 7.04. The van der Waals surface area contributed by atoms with E-state index in [0.29, 0.717) is 12.8 Å². The number of amides is 2. The van der Waals surface area contributed by atoms with E-state index in [1.165, 1.54) is 4.90 Å². The molecule has 0 aromatic carbocycles. The number of likely N-dealkylation sites (N-methyl/N-ethyl adjacent to an activating group) is 1. The Kier molecular flexibility index (Phi) is 4.77. The second kappa shape index (κ2) is 6.23. The molecular formula is C13H21F2N3O3. The van der Waals surface area contributed by atoms with E-state index in [0.717, 1.165) is 0 Å². The highest BCUT2D eigenvalue weighted by Gasteiger charge is 2.42. The molecular weight excluding hydrogens is 284 g/mol. The van der Waals surface area contributed by atoms with Gasteiger partial charge in [-0.15, -0.1) is 0 Å². The Morgan fingerprint density at radius 3 is 2.67 bits per heavy atom. The smallest absolute Gasteiger partial charge is 0.262 e. The number of halogens is 2. The zero-order chi connectivity index (χ0) is 15.6. The Bertz CT molecular complexity index is 417. The maximum Gasteiger partial charge on any atom is 0.262 e. The van der Waals surface area contributed by atoms with Crippen LogP contribution < -0.4 is 10.6 Å². The van der Waals surface area contributed by atoms with Crippen molar-refractivity contribution in [3.8, 4) is 0 Å². The van der Waals surface area contributed by atoms with Gasteiger partial charge < -0.3 is 15.0 Å². The van der Waals surface area contributed by atoms with E-state index in [9.17, 15) is 18.4 Å². The monoisotopic (exact) mass is 305 g/mol. The van der Waals surface area contributed by atoms with Gasteiger partial charge in [-0.05, 0) is 12.8 Å². The van der Waals surface area contributed by atoms with Crippen LogP contribution in [0.25, 0.3) is 0 Å². The summed E-state index contributed by atoms with van der Waals surface area (Å²) in [5.74, 6) is -3.37. The number of ether oxygens (including phenoxy) is 1. The van der Waals surface area contributed by atoms with Crippen LogP contribution in [0.1, 0.15) is 19.3 Å². The maximum absolute atomic E-state index is 13.0. The molecule has 2 fully saturated rings. The number of hydrogen-bond donors (Lipinski definition) is 2. The molecule has 2 aliphatic rings. The molecule has 0 aromatic rings. The Hall–Kier alpha value is -1.28. The van der Waals surface area contributed by atoms with Crippen LogP contribution in [0.15, 0.2) is 0 Å². The van der Waals surface area contributed by atoms with Crippen molar-refractivity contribution in [2.45, 2.75) is 43.4 Å². The molecule has 2 rings (SSSR count). The van der Waals surface area contributed by atoms with Crippen molar-refractivity contribution in [2.75, 3.05) is 27.2 Å². The molecule has 120 valence electrons. The Balaban J connectivity index is 1.72. The molecule has 0 spiro atoms. The van der Waals surface area contributed by atoms with Gasteiger partial charge in [-0.2, -0.15) is 0 Å². The van der Waals surface area contributed by atoms with Gasteiger partial charge in [0, 0.05) is 27.1 Å². The quantitative estimate of drug-likeness (QED) is 0.750. The molecule has 2 amide bonds. The molecule has 21 heavy (non-hydrogen) atoms. The standard InChI is InChI=1S/C13H21F2N3O3/c1-18(2)12(20)10-4-3-8(21-10)6-16-11(19)9-5-13(14,15)7-17-9/h8-10,17H,3-7H2,1-2H3,(H,16,19). The normalized spacial score (nSPS) is 31.1. The first-order chi connectivity index (χ1) is 9.78. The number of nitrogens with one attached hydrogen (secondary N) is 2. The number of carbonyl (C=O) groups is 2. The van der Waals surface area contributed by atoms with Gasteiger partial charge in [0.1, 0.15) is 6.10 Å². The minimum atomic E-state index is -2.82. The fraction of sp³-hybridized carbons (Fsp3) is 0.846. The van der Waals surface area contributed by atoms with Crippen LogP contribution >= 0.6 is 0 Å². The third-order valence-corrected chi connectivity index (χ3v) is 3.75. The lowest BCUT2D eigenvalue weighted by Gasteiger charge is -2.18. The first-order valence-electron chi connectivity index (χ1n) is 7.04. The second-order valence-electron chi connectivity index (χ2n) is 5.80. The molecule has 2 heterocycles. The van der Waals surface area contributed by atoms with E-state index in [2.05, 4.69) is 10.6 Å². The Morgan fingerprint density at radius 2 is 2.10 bits per heavy atom. The highest BCUT2D eigenvalue weighted by atomic mass is 19.3. The van der Waals surface area contributed by atoms with Crippen LogP contribution in [0.5, 0.6) is 0 Å². The Labute approximate surface area is 122 Å². The molecule has 2 N–H and O–H groups in total. The molecule has 3 atom stereocenters. The van der Waals surface area contributed by atoms with Gasteiger partial charge in [0.15, 0.2) is 0 Å². The predicted molar refractivity (Wildman–Crippen MR) is 71.0 cm³/mol. The van der Waals surface area contributed by atoms with E-state index in [1.54, 1.807) is 14.1 Å². The lowest BCUT2D eigenvalue weighted by Crippen LogP contribution is -2.43. The lowest BCUT2D eigenvalue weighted by atomic mass is 10.1. The summed E-state index contributed by atoms with van der Waals surface area (Å²) in [5, 5.41) is 5.11. The molecule has 6 nitrogen and oxygen atoms in total. The highest BCUT2D eigenvalue weighted by molar-refractivity contribution is 5.82. The minimum Gasteiger partial charge on any atom is -0.363 e. The van der Waals surface area contributed by atoms with Gasteiger partial charge in [0.05, 0.1) is 18.7 Å². The number of carbonyl (C=O) groups excluding carboxylic acids is 2. The van der Waals surface area contributed by atoms with Crippen LogP contribution in [0.2, 0.25) is 0 Å². The molecule has 2 saturated heterocycles. The molecule has 0 aromatic heterocycles. The van der Waals surface area contributed by atoms with Crippen molar-refractivity contribution in [3.05, 3.63) is 0 Å². The third kappa shape index (κ3) is 4.10. The summed E-state index contributed by atoms with van der Waals surface area (Å²) in [7, 11) is 3.32. The molecule has 0 radical (unpaired) electrons. The predicted octanol–water partition coefficient (Wildman–Crippen LogP) is -0.264. The van der Waals surface area contributed by atoms with E-state index >= 15 is 0 Å².